The smallest absolute Gasteiger partial charge is 0.457 e. The zero-order valence-electron chi connectivity index (χ0n) is 19.8. The molecule has 2 aromatic carbocycles. The molecule has 184 valence electrons. The Morgan fingerprint density at radius 3 is 2.58 bits per heavy atom. The highest BCUT2D eigenvalue weighted by Gasteiger charge is 2.58. The molecule has 3 atom stereocenters. The van der Waals surface area contributed by atoms with E-state index in [0.29, 0.717) is 6.42 Å². The molecule has 8 heteroatoms. The lowest BCUT2D eigenvalue weighted by Gasteiger charge is -2.45. The molecule has 0 aliphatic carbocycles. The quantitative estimate of drug-likeness (QED) is 0.231. The van der Waals surface area contributed by atoms with E-state index in [2.05, 4.69) is 31.4 Å². The van der Waals surface area contributed by atoms with Crippen LogP contribution in [0.15, 0.2) is 73.5 Å². The third kappa shape index (κ3) is 3.97. The maximum absolute atomic E-state index is 13.2. The van der Waals surface area contributed by atoms with E-state index in [0.717, 1.165) is 26.6 Å². The summed E-state index contributed by atoms with van der Waals surface area (Å²) in [4.78, 5) is 39.7. The molecule has 0 unspecified atom stereocenters. The van der Waals surface area contributed by atoms with E-state index in [1.807, 2.05) is 24.3 Å². The van der Waals surface area contributed by atoms with Gasteiger partial charge in [-0.3, -0.25) is 4.79 Å². The fourth-order valence-corrected chi connectivity index (χ4v) is 6.09. The maximum Gasteiger partial charge on any atom is 0.508 e. The predicted molar refractivity (Wildman–Crippen MR) is 138 cm³/mol. The van der Waals surface area contributed by atoms with E-state index in [4.69, 9.17) is 14.2 Å². The molecule has 0 saturated carbocycles. The fourth-order valence-electron chi connectivity index (χ4n) is 5.01. The number of rotatable bonds is 8. The number of hydrogen-bond acceptors (Lipinski definition) is 7. The molecule has 1 amide bonds. The van der Waals surface area contributed by atoms with Crippen molar-refractivity contribution in [3.63, 3.8) is 0 Å². The van der Waals surface area contributed by atoms with Gasteiger partial charge < -0.3 is 19.1 Å². The van der Waals surface area contributed by atoms with Crippen LogP contribution in [0.1, 0.15) is 18.9 Å². The number of fused-ring (bicyclic) bond motifs is 4. The van der Waals surface area contributed by atoms with Gasteiger partial charge in [0, 0.05) is 20.2 Å². The van der Waals surface area contributed by atoms with Crippen LogP contribution in [0.4, 0.5) is 4.79 Å². The SMILES string of the molecule is C=CCOC(=O)O[C@H](C)[C@H]1C(=O)N2C(C(=O)OCC=C)=C(c3ccc4sc5ccccc5c4c3)C[C@H]12. The normalized spacial score (nSPS) is 19.6. The standard InChI is InChI=1S/C28H25NO6S/c1-4-12-33-27(31)25-19(17-10-11-23-20(14-17)18-8-6-7-9-22(18)36-23)15-21-24(26(30)29(21)25)16(3)35-28(32)34-13-5-2/h4-11,14,16,21,24H,1-2,12-13,15H2,3H3/t16-,21-,24-/m1/s1. The molecule has 0 bridgehead atoms. The second-order valence-corrected chi connectivity index (χ2v) is 9.79. The van der Waals surface area contributed by atoms with Crippen molar-refractivity contribution in [2.24, 2.45) is 5.92 Å². The molecule has 1 aromatic heterocycles. The summed E-state index contributed by atoms with van der Waals surface area (Å²) in [6.45, 7) is 8.81. The minimum atomic E-state index is -0.861. The van der Waals surface area contributed by atoms with Crippen LogP contribution in [0.25, 0.3) is 25.7 Å². The van der Waals surface area contributed by atoms with Crippen LogP contribution < -0.4 is 0 Å². The summed E-state index contributed by atoms with van der Waals surface area (Å²) >= 11 is 1.71. The zero-order chi connectivity index (χ0) is 25.4. The topological polar surface area (TPSA) is 82.1 Å². The van der Waals surface area contributed by atoms with Gasteiger partial charge in [-0.1, -0.05) is 49.6 Å². The van der Waals surface area contributed by atoms with Crippen molar-refractivity contribution in [3.05, 3.63) is 79.0 Å². The van der Waals surface area contributed by atoms with Gasteiger partial charge in [-0.15, -0.1) is 11.3 Å². The van der Waals surface area contributed by atoms with Crippen molar-refractivity contribution in [2.45, 2.75) is 25.5 Å². The van der Waals surface area contributed by atoms with Gasteiger partial charge in [0.25, 0.3) is 0 Å². The summed E-state index contributed by atoms with van der Waals surface area (Å²) in [6.07, 6.45) is 1.78. The van der Waals surface area contributed by atoms with Gasteiger partial charge >= 0.3 is 12.1 Å². The Labute approximate surface area is 212 Å². The molecule has 0 radical (unpaired) electrons. The molecule has 3 aromatic rings. The third-order valence-corrected chi connectivity index (χ3v) is 7.72. The number of thiophene rings is 1. The Morgan fingerprint density at radius 1 is 1.08 bits per heavy atom. The number of nitrogens with zero attached hydrogens (tertiary/aromatic N) is 1. The predicted octanol–water partition coefficient (Wildman–Crippen LogP) is 5.45. The highest BCUT2D eigenvalue weighted by molar-refractivity contribution is 7.25. The van der Waals surface area contributed by atoms with Gasteiger partial charge in [-0.25, -0.2) is 9.59 Å². The molecule has 36 heavy (non-hydrogen) atoms. The summed E-state index contributed by atoms with van der Waals surface area (Å²) in [5.41, 5.74) is 1.84. The molecule has 7 nitrogen and oxygen atoms in total. The van der Waals surface area contributed by atoms with E-state index in [-0.39, 0.29) is 30.9 Å². The van der Waals surface area contributed by atoms with Crippen molar-refractivity contribution < 1.29 is 28.6 Å². The number of ether oxygens (including phenoxy) is 3. The number of carbonyl (C=O) groups is 3. The van der Waals surface area contributed by atoms with Crippen molar-refractivity contribution in [2.75, 3.05) is 13.2 Å². The first-order valence-corrected chi connectivity index (χ1v) is 12.5. The molecule has 2 aliphatic heterocycles. The molecule has 1 saturated heterocycles. The summed E-state index contributed by atoms with van der Waals surface area (Å²) in [5.74, 6) is -1.45. The molecule has 0 N–H and O–H groups in total. The Morgan fingerprint density at radius 2 is 1.81 bits per heavy atom. The van der Waals surface area contributed by atoms with Gasteiger partial charge in [0.2, 0.25) is 5.91 Å². The molecule has 0 spiro atoms. The Bertz CT molecular complexity index is 1440. The molecule has 2 aliphatic rings. The van der Waals surface area contributed by atoms with Crippen LogP contribution in [0.5, 0.6) is 0 Å². The Kier molecular flexibility index (Phi) is 6.36. The zero-order valence-corrected chi connectivity index (χ0v) is 20.6. The van der Waals surface area contributed by atoms with Gasteiger partial charge in [0.1, 0.15) is 25.0 Å². The Hall–Kier alpha value is -3.91. The minimum absolute atomic E-state index is 0.0183. The van der Waals surface area contributed by atoms with Crippen LogP contribution in [0, 0.1) is 5.92 Å². The van der Waals surface area contributed by atoms with E-state index in [1.54, 1.807) is 18.3 Å². The number of hydrogen-bond donors (Lipinski definition) is 0. The lowest BCUT2D eigenvalue weighted by atomic mass is 9.82. The average Bonchev–Trinajstić information content (AvgIpc) is 3.41. The van der Waals surface area contributed by atoms with E-state index in [1.165, 1.54) is 21.8 Å². The highest BCUT2D eigenvalue weighted by Crippen LogP contribution is 2.48. The van der Waals surface area contributed by atoms with Crippen LogP contribution in [-0.2, 0) is 23.8 Å². The van der Waals surface area contributed by atoms with E-state index >= 15 is 0 Å². The summed E-state index contributed by atoms with van der Waals surface area (Å²) < 4.78 is 17.9. The van der Waals surface area contributed by atoms with Crippen LogP contribution in [0.2, 0.25) is 0 Å². The number of carbonyl (C=O) groups excluding carboxylic acids is 3. The minimum Gasteiger partial charge on any atom is -0.457 e. The van der Waals surface area contributed by atoms with Crippen molar-refractivity contribution in [1.29, 1.82) is 0 Å². The molecular formula is C28H25NO6S. The lowest BCUT2D eigenvalue weighted by molar-refractivity contribution is -0.162. The third-order valence-electron chi connectivity index (χ3n) is 6.57. The fraction of sp³-hybridized carbons (Fsp3) is 0.250. The highest BCUT2D eigenvalue weighted by atomic mass is 32.1. The number of β-lactam (4-membered cyclic amide) rings is 1. The van der Waals surface area contributed by atoms with Crippen molar-refractivity contribution in [1.82, 2.24) is 4.90 Å². The second-order valence-electron chi connectivity index (χ2n) is 8.70. The first-order chi connectivity index (χ1) is 17.4. The summed E-state index contributed by atoms with van der Waals surface area (Å²) in [5, 5.41) is 2.24. The van der Waals surface area contributed by atoms with Gasteiger partial charge in [-0.2, -0.15) is 0 Å². The molecule has 5 rings (SSSR count). The first-order valence-electron chi connectivity index (χ1n) is 11.6. The van der Waals surface area contributed by atoms with Gasteiger partial charge in [0.05, 0.1) is 12.0 Å². The number of amides is 1. The van der Waals surface area contributed by atoms with Crippen LogP contribution in [-0.4, -0.2) is 48.3 Å². The lowest BCUT2D eigenvalue weighted by Crippen LogP contribution is -2.62. The number of benzene rings is 2. The Balaban J connectivity index is 1.49. The average molecular weight is 504 g/mol. The van der Waals surface area contributed by atoms with Crippen LogP contribution in [0.3, 0.4) is 0 Å². The maximum atomic E-state index is 13.2. The van der Waals surface area contributed by atoms with Crippen molar-refractivity contribution in [3.8, 4) is 0 Å². The van der Waals surface area contributed by atoms with Crippen molar-refractivity contribution >= 4 is 55.1 Å². The molecular weight excluding hydrogens is 478 g/mol. The van der Waals surface area contributed by atoms with Gasteiger partial charge in [-0.05, 0) is 42.7 Å². The van der Waals surface area contributed by atoms with Gasteiger partial charge in [0.15, 0.2) is 0 Å². The van der Waals surface area contributed by atoms with E-state index in [9.17, 15) is 14.4 Å². The van der Waals surface area contributed by atoms with E-state index < -0.39 is 24.1 Å². The molecule has 3 heterocycles. The second kappa shape index (κ2) is 9.62. The monoisotopic (exact) mass is 503 g/mol. The summed E-state index contributed by atoms with van der Waals surface area (Å²) in [6, 6.07) is 14.0. The molecule has 1 fully saturated rings. The number of esters is 1. The van der Waals surface area contributed by atoms with Crippen LogP contribution >= 0.6 is 11.3 Å². The largest absolute Gasteiger partial charge is 0.508 e. The summed E-state index contributed by atoms with van der Waals surface area (Å²) in [7, 11) is 0. The first kappa shape index (κ1) is 23.8.